The maximum Gasteiger partial charge on any atom is 0.127 e. The first-order valence-corrected chi connectivity index (χ1v) is 7.58. The van der Waals surface area contributed by atoms with Crippen LogP contribution in [0.5, 0.6) is 0 Å². The van der Waals surface area contributed by atoms with Crippen LogP contribution in [0.3, 0.4) is 0 Å². The quantitative estimate of drug-likeness (QED) is 0.825. The average Bonchev–Trinajstić information content (AvgIpc) is 2.40. The number of hydrogen-bond acceptors (Lipinski definition) is 2. The molecule has 2 unspecified atom stereocenters. The molecule has 1 aromatic rings. The summed E-state index contributed by atoms with van der Waals surface area (Å²) in [7, 11) is 4.13. The number of nitrogens with zero attached hydrogens (tertiary/aromatic N) is 1. The van der Waals surface area contributed by atoms with Crippen LogP contribution >= 0.6 is 11.6 Å². The minimum Gasteiger partial charge on any atom is -0.312 e. The van der Waals surface area contributed by atoms with Crippen LogP contribution < -0.4 is 5.32 Å². The van der Waals surface area contributed by atoms with E-state index in [2.05, 4.69) is 45.1 Å². The van der Waals surface area contributed by atoms with Crippen LogP contribution in [0, 0.1) is 5.82 Å². The first kappa shape index (κ1) is 17.4. The fourth-order valence-electron chi connectivity index (χ4n) is 2.56. The first-order chi connectivity index (χ1) is 9.36. The van der Waals surface area contributed by atoms with Gasteiger partial charge >= 0.3 is 0 Å². The van der Waals surface area contributed by atoms with Gasteiger partial charge in [0.2, 0.25) is 0 Å². The van der Waals surface area contributed by atoms with Crippen molar-refractivity contribution in [2.45, 2.75) is 45.2 Å². The highest BCUT2D eigenvalue weighted by atomic mass is 35.5. The Labute approximate surface area is 127 Å². The number of likely N-dealkylation sites (N-methyl/N-ethyl adjacent to an activating group) is 2. The topological polar surface area (TPSA) is 15.3 Å². The molecule has 1 aromatic carbocycles. The second kappa shape index (κ2) is 7.39. The van der Waals surface area contributed by atoms with Crippen molar-refractivity contribution in [1.29, 1.82) is 0 Å². The van der Waals surface area contributed by atoms with Crippen molar-refractivity contribution >= 4 is 11.6 Å². The number of halogens is 2. The van der Waals surface area contributed by atoms with Gasteiger partial charge < -0.3 is 10.2 Å². The molecule has 0 bridgehead atoms. The minimum atomic E-state index is -0.224. The molecule has 0 heterocycles. The summed E-state index contributed by atoms with van der Waals surface area (Å²) >= 11 is 6.17. The fraction of sp³-hybridized carbons (Fsp3) is 0.625. The average molecular weight is 301 g/mol. The first-order valence-electron chi connectivity index (χ1n) is 7.20. The standard InChI is InChI=1S/C16H26ClFN2/c1-6-16(3,20(4)5)15(19-7-2)11-12-13(17)9-8-10-14(12)18/h8-10,15,19H,6-7,11H2,1-5H3. The smallest absolute Gasteiger partial charge is 0.127 e. The fourth-order valence-corrected chi connectivity index (χ4v) is 2.80. The summed E-state index contributed by atoms with van der Waals surface area (Å²) in [6.07, 6.45) is 1.56. The van der Waals surface area contributed by atoms with Gasteiger partial charge in [0.05, 0.1) is 0 Å². The Bertz CT molecular complexity index is 416. The van der Waals surface area contributed by atoms with E-state index in [0.29, 0.717) is 17.0 Å². The van der Waals surface area contributed by atoms with E-state index in [4.69, 9.17) is 11.6 Å². The number of benzene rings is 1. The monoisotopic (exact) mass is 300 g/mol. The molecule has 1 N–H and O–H groups in total. The molecule has 20 heavy (non-hydrogen) atoms. The van der Waals surface area contributed by atoms with Crippen molar-refractivity contribution in [1.82, 2.24) is 10.2 Å². The van der Waals surface area contributed by atoms with Gasteiger partial charge in [-0.3, -0.25) is 0 Å². The molecule has 0 aromatic heterocycles. The molecule has 0 radical (unpaired) electrons. The molecule has 0 aliphatic heterocycles. The summed E-state index contributed by atoms with van der Waals surface area (Å²) in [5, 5.41) is 4.00. The van der Waals surface area contributed by atoms with Gasteiger partial charge in [-0.15, -0.1) is 0 Å². The highest BCUT2D eigenvalue weighted by molar-refractivity contribution is 6.31. The van der Waals surface area contributed by atoms with Crippen molar-refractivity contribution in [2.75, 3.05) is 20.6 Å². The lowest BCUT2D eigenvalue weighted by atomic mass is 9.84. The number of rotatable bonds is 7. The Morgan fingerprint density at radius 1 is 1.35 bits per heavy atom. The minimum absolute atomic E-state index is 0.0539. The lowest BCUT2D eigenvalue weighted by Crippen LogP contribution is -2.57. The van der Waals surface area contributed by atoms with Crippen LogP contribution in [0.2, 0.25) is 5.02 Å². The Balaban J connectivity index is 3.09. The van der Waals surface area contributed by atoms with Gasteiger partial charge in [-0.2, -0.15) is 0 Å². The molecule has 0 aliphatic carbocycles. The molecular formula is C16H26ClFN2. The van der Waals surface area contributed by atoms with E-state index in [1.54, 1.807) is 12.1 Å². The van der Waals surface area contributed by atoms with Gasteiger partial charge in [0.1, 0.15) is 5.82 Å². The molecule has 4 heteroatoms. The van der Waals surface area contributed by atoms with Gasteiger partial charge in [0, 0.05) is 22.2 Å². The molecule has 1 rings (SSSR count). The second-order valence-electron chi connectivity index (χ2n) is 5.62. The van der Waals surface area contributed by atoms with Gasteiger partial charge in [-0.1, -0.05) is 31.5 Å². The lowest BCUT2D eigenvalue weighted by Gasteiger charge is -2.43. The molecule has 0 amide bonds. The van der Waals surface area contributed by atoms with Gasteiger partial charge in [0.15, 0.2) is 0 Å². The van der Waals surface area contributed by atoms with Crippen molar-refractivity contribution in [3.8, 4) is 0 Å². The molecule has 0 fully saturated rings. The molecule has 2 nitrogen and oxygen atoms in total. The Morgan fingerprint density at radius 2 is 2.00 bits per heavy atom. The Kier molecular flexibility index (Phi) is 6.44. The number of nitrogens with one attached hydrogen (secondary N) is 1. The Morgan fingerprint density at radius 3 is 2.45 bits per heavy atom. The van der Waals surface area contributed by atoms with Crippen molar-refractivity contribution < 1.29 is 4.39 Å². The summed E-state index contributed by atoms with van der Waals surface area (Å²) in [5.41, 5.74) is 0.545. The van der Waals surface area contributed by atoms with E-state index in [-0.39, 0.29) is 17.4 Å². The SMILES string of the molecule is CCNC(Cc1c(F)cccc1Cl)C(C)(CC)N(C)C. The highest BCUT2D eigenvalue weighted by Crippen LogP contribution is 2.27. The van der Waals surface area contributed by atoms with Crippen molar-refractivity contribution in [3.05, 3.63) is 34.6 Å². The summed E-state index contributed by atoms with van der Waals surface area (Å²) in [6.45, 7) is 7.28. The molecule has 0 spiro atoms. The summed E-state index contributed by atoms with van der Waals surface area (Å²) in [5.74, 6) is -0.224. The van der Waals surface area contributed by atoms with E-state index < -0.39 is 0 Å². The molecule has 0 aliphatic rings. The van der Waals surface area contributed by atoms with Gasteiger partial charge in [-0.05, 0) is 52.5 Å². The van der Waals surface area contributed by atoms with Gasteiger partial charge in [0.25, 0.3) is 0 Å². The molecule has 2 atom stereocenters. The zero-order valence-electron chi connectivity index (χ0n) is 13.1. The maximum atomic E-state index is 14.0. The molecule has 0 saturated heterocycles. The van der Waals surface area contributed by atoms with Crippen LogP contribution in [0.15, 0.2) is 18.2 Å². The van der Waals surface area contributed by atoms with Crippen molar-refractivity contribution in [3.63, 3.8) is 0 Å². The Hall–Kier alpha value is -0.640. The van der Waals surface area contributed by atoms with Gasteiger partial charge in [-0.25, -0.2) is 4.39 Å². The van der Waals surface area contributed by atoms with E-state index in [1.165, 1.54) is 6.07 Å². The maximum absolute atomic E-state index is 14.0. The van der Waals surface area contributed by atoms with E-state index in [1.807, 2.05) is 0 Å². The summed E-state index contributed by atoms with van der Waals surface area (Å²) < 4.78 is 14.0. The van der Waals surface area contributed by atoms with Crippen LogP contribution in [0.25, 0.3) is 0 Å². The summed E-state index contributed by atoms with van der Waals surface area (Å²) in [6, 6.07) is 5.02. The third-order valence-corrected chi connectivity index (χ3v) is 4.76. The normalized spacial score (nSPS) is 16.2. The van der Waals surface area contributed by atoms with Crippen molar-refractivity contribution in [2.24, 2.45) is 0 Å². The van der Waals surface area contributed by atoms with E-state index in [9.17, 15) is 4.39 Å². The van der Waals surface area contributed by atoms with E-state index in [0.717, 1.165) is 13.0 Å². The molecule has 114 valence electrons. The largest absolute Gasteiger partial charge is 0.312 e. The highest BCUT2D eigenvalue weighted by Gasteiger charge is 2.35. The van der Waals surface area contributed by atoms with Crippen LogP contribution in [-0.4, -0.2) is 37.1 Å². The zero-order chi connectivity index (χ0) is 15.3. The molecular weight excluding hydrogens is 275 g/mol. The number of hydrogen-bond donors (Lipinski definition) is 1. The van der Waals surface area contributed by atoms with Crippen LogP contribution in [-0.2, 0) is 6.42 Å². The van der Waals surface area contributed by atoms with Crippen LogP contribution in [0.1, 0.15) is 32.8 Å². The lowest BCUT2D eigenvalue weighted by molar-refractivity contribution is 0.113. The zero-order valence-corrected chi connectivity index (χ0v) is 13.9. The molecule has 0 saturated carbocycles. The van der Waals surface area contributed by atoms with E-state index >= 15 is 0 Å². The third kappa shape index (κ3) is 3.72. The summed E-state index contributed by atoms with van der Waals surface area (Å²) in [4.78, 5) is 2.20. The second-order valence-corrected chi connectivity index (χ2v) is 6.03. The van der Waals surface area contributed by atoms with Crippen LogP contribution in [0.4, 0.5) is 4.39 Å². The predicted octanol–water partition coefficient (Wildman–Crippen LogP) is 3.73. The predicted molar refractivity (Wildman–Crippen MR) is 85.0 cm³/mol. The third-order valence-electron chi connectivity index (χ3n) is 4.41.